The van der Waals surface area contributed by atoms with E-state index in [0.29, 0.717) is 12.0 Å². The fourth-order valence-corrected chi connectivity index (χ4v) is 3.70. The molecule has 1 rings (SSSR count). The minimum Gasteiger partial charge on any atom is -0.508 e. The van der Waals surface area contributed by atoms with Crippen molar-refractivity contribution in [2.45, 2.75) is 84.0 Å². The van der Waals surface area contributed by atoms with Gasteiger partial charge in [0.1, 0.15) is 23.9 Å². The van der Waals surface area contributed by atoms with Gasteiger partial charge in [-0.05, 0) is 42.4 Å². The third-order valence-electron chi connectivity index (χ3n) is 6.16. The summed E-state index contributed by atoms with van der Waals surface area (Å²) in [6.07, 6.45) is 0.662. The lowest BCUT2D eigenvalue weighted by molar-refractivity contribution is -0.143. The molecule has 0 saturated carbocycles. The number of aromatic hydroxyl groups is 1. The molecule has 212 valence electrons. The van der Waals surface area contributed by atoms with E-state index in [1.807, 2.05) is 13.8 Å². The summed E-state index contributed by atoms with van der Waals surface area (Å²) in [5.41, 5.74) is 11.6. The lowest BCUT2D eigenvalue weighted by Crippen LogP contribution is -2.58. The van der Waals surface area contributed by atoms with Crippen LogP contribution in [-0.2, 0) is 30.4 Å². The molecular formula is C26H41N5O7. The van der Waals surface area contributed by atoms with Crippen molar-refractivity contribution in [3.63, 3.8) is 0 Å². The zero-order valence-electron chi connectivity index (χ0n) is 22.4. The number of aliphatic carboxylic acids is 1. The van der Waals surface area contributed by atoms with Gasteiger partial charge in [0.2, 0.25) is 23.6 Å². The number of nitrogens with two attached hydrogens (primary N) is 2. The van der Waals surface area contributed by atoms with E-state index in [4.69, 9.17) is 11.5 Å². The van der Waals surface area contributed by atoms with Crippen molar-refractivity contribution in [1.29, 1.82) is 0 Å². The summed E-state index contributed by atoms with van der Waals surface area (Å²) < 4.78 is 0. The Morgan fingerprint density at radius 1 is 0.895 bits per heavy atom. The Balaban J connectivity index is 3.16. The number of phenolic OH excluding ortho intramolecular Hbond substituents is 1. The zero-order valence-corrected chi connectivity index (χ0v) is 22.4. The fraction of sp³-hybridized carbons (Fsp3) is 0.577. The van der Waals surface area contributed by atoms with Gasteiger partial charge in [-0.25, -0.2) is 4.79 Å². The molecule has 5 atom stereocenters. The smallest absolute Gasteiger partial charge is 0.326 e. The van der Waals surface area contributed by atoms with E-state index < -0.39 is 53.8 Å². The van der Waals surface area contributed by atoms with Gasteiger partial charge in [-0.15, -0.1) is 0 Å². The molecule has 1 aromatic rings. The number of phenols is 1. The zero-order chi connectivity index (χ0) is 29.0. The number of amides is 4. The number of hydrogen-bond acceptors (Lipinski definition) is 7. The summed E-state index contributed by atoms with van der Waals surface area (Å²) in [6, 6.07) is 1.58. The molecule has 9 N–H and O–H groups in total. The lowest BCUT2D eigenvalue weighted by atomic mass is 9.97. The minimum absolute atomic E-state index is 0.00513. The summed E-state index contributed by atoms with van der Waals surface area (Å²) in [6.45, 7) is 7.20. The topological polar surface area (TPSA) is 214 Å². The van der Waals surface area contributed by atoms with Crippen molar-refractivity contribution >= 4 is 29.6 Å². The normalized spacial score (nSPS) is 15.0. The van der Waals surface area contributed by atoms with E-state index in [1.54, 1.807) is 26.0 Å². The van der Waals surface area contributed by atoms with E-state index in [0.717, 1.165) is 0 Å². The van der Waals surface area contributed by atoms with Crippen LogP contribution in [0.5, 0.6) is 5.75 Å². The molecule has 0 heterocycles. The highest BCUT2D eigenvalue weighted by Crippen LogP contribution is 2.14. The van der Waals surface area contributed by atoms with Crippen LogP contribution in [0.1, 0.15) is 58.9 Å². The number of hydrogen-bond donors (Lipinski definition) is 7. The average Bonchev–Trinajstić information content (AvgIpc) is 2.84. The molecule has 0 radical (unpaired) electrons. The van der Waals surface area contributed by atoms with Gasteiger partial charge in [0.25, 0.3) is 0 Å². The molecule has 0 spiro atoms. The van der Waals surface area contributed by atoms with Crippen LogP contribution >= 0.6 is 0 Å². The quantitative estimate of drug-likeness (QED) is 0.154. The SMILES string of the molecule is CCC(C)C(NC(=O)C(Cc1ccc(O)cc1)NC(=O)C(CC(C)C)NC(=O)C(N)CCC(N)=O)C(=O)O. The standard InChI is InChI=1S/C26H41N5O7/c1-5-15(4)22(26(37)38)31-25(36)20(13-16-6-8-17(32)9-7-16)30-24(35)19(12-14(2)3)29-23(34)18(27)10-11-21(28)33/h6-9,14-15,18-20,22,32H,5,10-13,27H2,1-4H3,(H2,28,33)(H,29,34)(H,30,35)(H,31,36)(H,37,38). The Morgan fingerprint density at radius 2 is 1.45 bits per heavy atom. The van der Waals surface area contributed by atoms with Crippen molar-refractivity contribution in [3.8, 4) is 5.75 Å². The minimum atomic E-state index is -1.20. The number of nitrogens with one attached hydrogen (secondary N) is 3. The molecule has 4 amide bonds. The van der Waals surface area contributed by atoms with Crippen molar-refractivity contribution in [1.82, 2.24) is 16.0 Å². The molecule has 12 nitrogen and oxygen atoms in total. The average molecular weight is 536 g/mol. The van der Waals surface area contributed by atoms with Gasteiger partial charge in [0.05, 0.1) is 6.04 Å². The van der Waals surface area contributed by atoms with Crippen molar-refractivity contribution in [2.24, 2.45) is 23.3 Å². The van der Waals surface area contributed by atoms with Gasteiger partial charge in [-0.2, -0.15) is 0 Å². The molecule has 0 fully saturated rings. The number of primary amides is 1. The monoisotopic (exact) mass is 535 g/mol. The molecule has 0 bridgehead atoms. The van der Waals surface area contributed by atoms with E-state index in [9.17, 15) is 34.2 Å². The Bertz CT molecular complexity index is 967. The van der Waals surface area contributed by atoms with Crippen LogP contribution in [0.4, 0.5) is 0 Å². The molecule has 1 aromatic carbocycles. The van der Waals surface area contributed by atoms with Crippen LogP contribution < -0.4 is 27.4 Å². The first-order valence-corrected chi connectivity index (χ1v) is 12.7. The molecule has 0 saturated heterocycles. The maximum Gasteiger partial charge on any atom is 0.326 e. The third kappa shape index (κ3) is 11.2. The molecule has 0 aliphatic rings. The number of benzene rings is 1. The predicted molar refractivity (Wildman–Crippen MR) is 141 cm³/mol. The molecule has 5 unspecified atom stereocenters. The summed E-state index contributed by atoms with van der Waals surface area (Å²) in [7, 11) is 0. The van der Waals surface area contributed by atoms with Gasteiger partial charge >= 0.3 is 5.97 Å². The first kappa shape index (κ1) is 32.4. The van der Waals surface area contributed by atoms with Gasteiger partial charge in [-0.3, -0.25) is 19.2 Å². The van der Waals surface area contributed by atoms with Crippen LogP contribution in [0.2, 0.25) is 0 Å². The largest absolute Gasteiger partial charge is 0.508 e. The molecule has 0 aromatic heterocycles. The number of carbonyl (C=O) groups is 5. The van der Waals surface area contributed by atoms with Crippen LogP contribution in [0, 0.1) is 11.8 Å². The summed E-state index contributed by atoms with van der Waals surface area (Å²) in [5, 5.41) is 26.9. The van der Waals surface area contributed by atoms with E-state index in [2.05, 4.69) is 16.0 Å². The van der Waals surface area contributed by atoms with Crippen molar-refractivity contribution in [2.75, 3.05) is 0 Å². The maximum absolute atomic E-state index is 13.3. The van der Waals surface area contributed by atoms with Gasteiger partial charge in [0.15, 0.2) is 0 Å². The second-order valence-corrected chi connectivity index (χ2v) is 9.94. The highest BCUT2D eigenvalue weighted by molar-refractivity contribution is 5.94. The lowest BCUT2D eigenvalue weighted by Gasteiger charge is -2.27. The number of carboxylic acid groups (broad SMARTS) is 1. The van der Waals surface area contributed by atoms with E-state index in [1.165, 1.54) is 12.1 Å². The number of carboxylic acids is 1. The molecule has 38 heavy (non-hydrogen) atoms. The maximum atomic E-state index is 13.3. The van der Waals surface area contributed by atoms with Crippen LogP contribution in [0.3, 0.4) is 0 Å². The Labute approximate surface area is 222 Å². The van der Waals surface area contributed by atoms with Crippen molar-refractivity contribution in [3.05, 3.63) is 29.8 Å². The molecule has 0 aliphatic heterocycles. The summed E-state index contributed by atoms with van der Waals surface area (Å²) >= 11 is 0. The predicted octanol–water partition coefficient (Wildman–Crippen LogP) is 0.159. The van der Waals surface area contributed by atoms with Gasteiger partial charge in [-0.1, -0.05) is 46.2 Å². The van der Waals surface area contributed by atoms with E-state index >= 15 is 0 Å². The molecular weight excluding hydrogens is 494 g/mol. The highest BCUT2D eigenvalue weighted by atomic mass is 16.4. The molecule has 12 heteroatoms. The second kappa shape index (κ2) is 15.6. The van der Waals surface area contributed by atoms with Crippen LogP contribution in [0.25, 0.3) is 0 Å². The summed E-state index contributed by atoms with van der Waals surface area (Å²) in [5.74, 6) is -4.16. The third-order valence-corrected chi connectivity index (χ3v) is 6.16. The number of carbonyl (C=O) groups excluding carboxylic acids is 4. The number of rotatable bonds is 16. The summed E-state index contributed by atoms with van der Waals surface area (Å²) in [4.78, 5) is 61.9. The Morgan fingerprint density at radius 3 is 1.95 bits per heavy atom. The van der Waals surface area contributed by atoms with Crippen LogP contribution in [0.15, 0.2) is 24.3 Å². The van der Waals surface area contributed by atoms with Crippen LogP contribution in [-0.4, -0.2) is 64.0 Å². The highest BCUT2D eigenvalue weighted by Gasteiger charge is 2.32. The second-order valence-electron chi connectivity index (χ2n) is 9.94. The molecule has 0 aliphatic carbocycles. The van der Waals surface area contributed by atoms with E-state index in [-0.39, 0.29) is 43.3 Å². The Kier molecular flexibility index (Phi) is 13.2. The Hall–Kier alpha value is -3.67. The fourth-order valence-electron chi connectivity index (χ4n) is 3.70. The van der Waals surface area contributed by atoms with Crippen molar-refractivity contribution < 1.29 is 34.2 Å². The van der Waals surface area contributed by atoms with Gasteiger partial charge in [0, 0.05) is 12.8 Å². The van der Waals surface area contributed by atoms with Gasteiger partial charge < -0.3 is 37.6 Å². The first-order chi connectivity index (χ1) is 17.7. The first-order valence-electron chi connectivity index (χ1n) is 12.7.